The van der Waals surface area contributed by atoms with Crippen LogP contribution in [0.4, 0.5) is 10.2 Å². The molecule has 0 spiro atoms. The van der Waals surface area contributed by atoms with Crippen molar-refractivity contribution >= 4 is 17.2 Å². The highest BCUT2D eigenvalue weighted by Gasteiger charge is 2.13. The second-order valence-electron chi connectivity index (χ2n) is 6.64. The van der Waals surface area contributed by atoms with Crippen molar-refractivity contribution < 1.29 is 19.1 Å². The van der Waals surface area contributed by atoms with Gasteiger partial charge in [-0.1, -0.05) is 25.6 Å². The summed E-state index contributed by atoms with van der Waals surface area (Å²) < 4.78 is 13.9. The van der Waals surface area contributed by atoms with Gasteiger partial charge in [-0.15, -0.1) is 0 Å². The maximum atomic E-state index is 12.1. The maximum Gasteiger partial charge on any atom is 0.171 e. The normalized spacial score (nSPS) is 12.6. The van der Waals surface area contributed by atoms with Crippen molar-refractivity contribution in [1.29, 1.82) is 0 Å². The number of carbonyl (C=O) groups is 1. The minimum atomic E-state index is 0.00204. The Morgan fingerprint density at radius 1 is 1.30 bits per heavy atom. The summed E-state index contributed by atoms with van der Waals surface area (Å²) in [6.45, 7) is 9.57. The van der Waals surface area contributed by atoms with Crippen molar-refractivity contribution in [2.45, 2.75) is 40.0 Å². The lowest BCUT2D eigenvalue weighted by molar-refractivity contribution is -0.00620. The van der Waals surface area contributed by atoms with Crippen molar-refractivity contribution in [3.8, 4) is 5.75 Å². The highest BCUT2D eigenvalue weighted by Crippen LogP contribution is 2.23. The number of aromatic nitrogens is 1. The van der Waals surface area contributed by atoms with Crippen LogP contribution in [0.25, 0.3) is 0 Å². The number of ketones is 1. The number of hydrogen-bond donors (Lipinski definition) is 1. The first-order chi connectivity index (χ1) is 14.5. The SMILES string of the molecule is C=C(CCC1=CCC(c2ccc(OF)cc2)=NO1)Nc1cn(C)cc1C(C)=O.CC. The van der Waals surface area contributed by atoms with E-state index in [1.807, 2.05) is 37.7 Å². The van der Waals surface area contributed by atoms with Gasteiger partial charge in [0.1, 0.15) is 5.76 Å². The van der Waals surface area contributed by atoms with Crippen LogP contribution in [-0.2, 0) is 11.9 Å². The van der Waals surface area contributed by atoms with E-state index in [9.17, 15) is 9.32 Å². The number of halogens is 1. The summed E-state index contributed by atoms with van der Waals surface area (Å²) in [5, 5.41) is 7.36. The molecular formula is C23H28FN3O3. The van der Waals surface area contributed by atoms with Gasteiger partial charge in [0.25, 0.3) is 0 Å². The monoisotopic (exact) mass is 413 g/mol. The molecule has 2 heterocycles. The highest BCUT2D eigenvalue weighted by molar-refractivity contribution is 6.01. The van der Waals surface area contributed by atoms with Crippen LogP contribution < -0.4 is 10.3 Å². The molecule has 1 aliphatic heterocycles. The number of Topliss-reactive ketones (excluding diaryl/α,β-unsaturated/α-hetero) is 1. The largest absolute Gasteiger partial charge is 0.362 e. The molecule has 1 aromatic carbocycles. The molecule has 0 aliphatic carbocycles. The Morgan fingerprint density at radius 3 is 2.57 bits per heavy atom. The standard InChI is InChI=1S/C21H22FN3O3.C2H6/c1-14(23-21-13-25(3)12-19(21)15(2)26)4-7-18-10-11-20(24-28-18)16-5-8-17(27-22)9-6-16;1-2/h5-6,8-10,12-13,23H,1,4,7,11H2,2-3H3;1-2H3. The van der Waals surface area contributed by atoms with E-state index < -0.39 is 0 Å². The summed E-state index contributed by atoms with van der Waals surface area (Å²) >= 11 is 0. The first-order valence-corrected chi connectivity index (χ1v) is 9.90. The van der Waals surface area contributed by atoms with Gasteiger partial charge in [-0.2, -0.15) is 0 Å². The average Bonchev–Trinajstić information content (AvgIpc) is 3.14. The minimum Gasteiger partial charge on any atom is -0.362 e. The summed E-state index contributed by atoms with van der Waals surface area (Å²) in [5.41, 5.74) is 3.79. The van der Waals surface area contributed by atoms with E-state index >= 15 is 0 Å². The minimum absolute atomic E-state index is 0.00204. The van der Waals surface area contributed by atoms with Crippen LogP contribution in [0.3, 0.4) is 0 Å². The van der Waals surface area contributed by atoms with E-state index in [0.29, 0.717) is 24.8 Å². The zero-order chi connectivity index (χ0) is 22.1. The third kappa shape index (κ3) is 6.07. The van der Waals surface area contributed by atoms with Crippen molar-refractivity contribution in [1.82, 2.24) is 4.57 Å². The number of anilines is 1. The third-order valence-electron chi connectivity index (χ3n) is 4.39. The molecule has 1 aliphatic rings. The van der Waals surface area contributed by atoms with Gasteiger partial charge in [0.15, 0.2) is 11.5 Å². The van der Waals surface area contributed by atoms with Crippen LogP contribution in [0.5, 0.6) is 5.75 Å². The van der Waals surface area contributed by atoms with Crippen molar-refractivity contribution in [3.63, 3.8) is 0 Å². The van der Waals surface area contributed by atoms with E-state index in [1.165, 1.54) is 19.1 Å². The molecule has 30 heavy (non-hydrogen) atoms. The average molecular weight is 413 g/mol. The number of carbonyl (C=O) groups excluding carboxylic acids is 1. The molecule has 0 atom stereocenters. The molecule has 0 unspecified atom stereocenters. The number of oxime groups is 1. The smallest absolute Gasteiger partial charge is 0.171 e. The Kier molecular flexibility index (Phi) is 8.41. The fourth-order valence-corrected chi connectivity index (χ4v) is 2.91. The molecule has 0 fully saturated rings. The maximum absolute atomic E-state index is 12.1. The predicted molar refractivity (Wildman–Crippen MR) is 117 cm³/mol. The number of rotatable bonds is 8. The molecule has 0 radical (unpaired) electrons. The first-order valence-electron chi connectivity index (χ1n) is 9.90. The summed E-state index contributed by atoms with van der Waals surface area (Å²) in [5.74, 6) is 0.909. The number of benzene rings is 1. The highest BCUT2D eigenvalue weighted by atomic mass is 19.3. The van der Waals surface area contributed by atoms with E-state index in [2.05, 4.69) is 22.0 Å². The molecule has 6 nitrogen and oxygen atoms in total. The van der Waals surface area contributed by atoms with E-state index in [1.54, 1.807) is 18.3 Å². The van der Waals surface area contributed by atoms with E-state index in [-0.39, 0.29) is 11.5 Å². The lowest BCUT2D eigenvalue weighted by Gasteiger charge is -2.14. The summed E-state index contributed by atoms with van der Waals surface area (Å²) in [7, 11) is 1.87. The lowest BCUT2D eigenvalue weighted by atomic mass is 10.1. The van der Waals surface area contributed by atoms with Gasteiger partial charge in [0, 0.05) is 42.5 Å². The predicted octanol–water partition coefficient (Wildman–Crippen LogP) is 5.93. The summed E-state index contributed by atoms with van der Waals surface area (Å²) in [6, 6.07) is 6.53. The number of aryl methyl sites for hydroxylation is 1. The summed E-state index contributed by atoms with van der Waals surface area (Å²) in [6.07, 6.45) is 7.52. The Labute approximate surface area is 176 Å². The zero-order valence-corrected chi connectivity index (χ0v) is 17.9. The lowest BCUT2D eigenvalue weighted by Crippen LogP contribution is -2.07. The van der Waals surface area contributed by atoms with Crippen LogP contribution in [0.1, 0.15) is 56.0 Å². The molecule has 0 saturated carbocycles. The van der Waals surface area contributed by atoms with Crippen molar-refractivity contribution in [2.75, 3.05) is 5.32 Å². The number of nitrogens with zero attached hydrogens (tertiary/aromatic N) is 2. The molecule has 2 aromatic rings. The van der Waals surface area contributed by atoms with Crippen LogP contribution in [0.15, 0.2) is 65.9 Å². The van der Waals surface area contributed by atoms with Gasteiger partial charge < -0.3 is 14.7 Å². The topological polar surface area (TPSA) is 64.8 Å². The number of nitrogens with one attached hydrogen (secondary N) is 1. The molecule has 1 aromatic heterocycles. The first kappa shape index (κ1) is 22.9. The van der Waals surface area contributed by atoms with Crippen LogP contribution >= 0.6 is 0 Å². The van der Waals surface area contributed by atoms with Gasteiger partial charge >= 0.3 is 0 Å². The van der Waals surface area contributed by atoms with Crippen LogP contribution in [-0.4, -0.2) is 16.1 Å². The van der Waals surface area contributed by atoms with Gasteiger partial charge in [-0.3, -0.25) is 9.74 Å². The molecule has 0 amide bonds. The second kappa shape index (κ2) is 11.0. The Bertz CT molecular complexity index is 943. The molecule has 7 heteroatoms. The summed E-state index contributed by atoms with van der Waals surface area (Å²) in [4.78, 5) is 20.9. The molecule has 160 valence electrons. The quantitative estimate of drug-likeness (QED) is 0.545. The van der Waals surface area contributed by atoms with Crippen molar-refractivity contribution in [2.24, 2.45) is 12.2 Å². The Morgan fingerprint density at radius 2 is 2.00 bits per heavy atom. The van der Waals surface area contributed by atoms with Crippen LogP contribution in [0.2, 0.25) is 0 Å². The fraction of sp³-hybridized carbons (Fsp3) is 0.304. The number of allylic oxidation sites excluding steroid dienone is 3. The molecule has 0 bridgehead atoms. The van der Waals surface area contributed by atoms with Gasteiger partial charge in [0.05, 0.1) is 17.0 Å². The Balaban J connectivity index is 0.00000155. The van der Waals surface area contributed by atoms with E-state index in [4.69, 9.17) is 4.84 Å². The van der Waals surface area contributed by atoms with Crippen molar-refractivity contribution in [3.05, 3.63) is 71.9 Å². The van der Waals surface area contributed by atoms with Gasteiger partial charge in [-0.05, 0) is 49.2 Å². The molecule has 1 N–H and O–H groups in total. The Hall–Kier alpha value is -3.35. The van der Waals surface area contributed by atoms with E-state index in [0.717, 1.165) is 28.4 Å². The second-order valence-corrected chi connectivity index (χ2v) is 6.64. The third-order valence-corrected chi connectivity index (χ3v) is 4.39. The molecular weight excluding hydrogens is 385 g/mol. The number of hydrogen-bond acceptors (Lipinski definition) is 5. The van der Waals surface area contributed by atoms with Crippen LogP contribution in [0, 0.1) is 0 Å². The molecule has 0 saturated heterocycles. The van der Waals surface area contributed by atoms with Gasteiger partial charge in [0.2, 0.25) is 0 Å². The van der Waals surface area contributed by atoms with Gasteiger partial charge in [-0.25, -0.2) is 0 Å². The fourth-order valence-electron chi connectivity index (χ4n) is 2.91. The molecule has 3 rings (SSSR count). The zero-order valence-electron chi connectivity index (χ0n) is 17.9.